The zero-order chi connectivity index (χ0) is 12.4. The highest BCUT2D eigenvalue weighted by atomic mass is 16.4. The highest BCUT2D eigenvalue weighted by Gasteiger charge is 2.45. The minimum Gasteiger partial charge on any atom is -0.481 e. The van der Waals surface area contributed by atoms with Gasteiger partial charge in [-0.2, -0.15) is 0 Å². The number of carboxylic acids is 1. The molecule has 1 fully saturated rings. The number of hydrogen-bond acceptors (Lipinski definition) is 1. The van der Waals surface area contributed by atoms with Gasteiger partial charge in [0.1, 0.15) is 0 Å². The number of hydrogen-bond donors (Lipinski definition) is 1. The molecule has 90 valence electrons. The van der Waals surface area contributed by atoms with E-state index < -0.39 is 5.97 Å². The molecule has 1 saturated carbocycles. The summed E-state index contributed by atoms with van der Waals surface area (Å²) in [5, 5.41) is 8.99. The number of carboxylic acid groups (broad SMARTS) is 1. The Morgan fingerprint density at radius 2 is 1.94 bits per heavy atom. The van der Waals surface area contributed by atoms with Crippen LogP contribution in [0.3, 0.4) is 0 Å². The molecule has 1 aliphatic carbocycles. The highest BCUT2D eigenvalue weighted by molar-refractivity contribution is 5.75. The summed E-state index contributed by atoms with van der Waals surface area (Å²) in [6.45, 7) is 4.26. The first-order chi connectivity index (χ1) is 8.09. The Bertz CT molecular complexity index is 431. The van der Waals surface area contributed by atoms with Crippen LogP contribution in [0.15, 0.2) is 35.9 Å². The third-order valence-corrected chi connectivity index (χ3v) is 3.34. The Morgan fingerprint density at radius 3 is 2.41 bits per heavy atom. The first kappa shape index (κ1) is 11.9. The molecule has 0 unspecified atom stereocenters. The van der Waals surface area contributed by atoms with Gasteiger partial charge in [-0.15, -0.1) is 0 Å². The zero-order valence-corrected chi connectivity index (χ0v) is 10.3. The minimum absolute atomic E-state index is 0.160. The summed E-state index contributed by atoms with van der Waals surface area (Å²) in [4.78, 5) is 10.9. The SMILES string of the molecule is CC(C)/C(=C\c1ccccc1)[C@@H]1C[C@H]1C(=O)O. The van der Waals surface area contributed by atoms with E-state index in [2.05, 4.69) is 32.1 Å². The molecule has 2 atom stereocenters. The van der Waals surface area contributed by atoms with Crippen molar-refractivity contribution < 1.29 is 9.90 Å². The van der Waals surface area contributed by atoms with Crippen molar-refractivity contribution in [1.82, 2.24) is 0 Å². The van der Waals surface area contributed by atoms with E-state index in [4.69, 9.17) is 5.11 Å². The molecule has 0 heterocycles. The fourth-order valence-electron chi connectivity index (χ4n) is 2.28. The zero-order valence-electron chi connectivity index (χ0n) is 10.3. The van der Waals surface area contributed by atoms with Gasteiger partial charge in [0.2, 0.25) is 0 Å². The van der Waals surface area contributed by atoms with E-state index in [1.165, 1.54) is 5.57 Å². The van der Waals surface area contributed by atoms with Gasteiger partial charge in [0.25, 0.3) is 0 Å². The van der Waals surface area contributed by atoms with Crippen molar-refractivity contribution in [2.24, 2.45) is 17.8 Å². The summed E-state index contributed by atoms with van der Waals surface area (Å²) in [6, 6.07) is 10.1. The van der Waals surface area contributed by atoms with Gasteiger partial charge in [-0.25, -0.2) is 0 Å². The number of rotatable bonds is 4. The number of aliphatic carboxylic acids is 1. The molecule has 0 bridgehead atoms. The van der Waals surface area contributed by atoms with Gasteiger partial charge in [0.15, 0.2) is 0 Å². The summed E-state index contributed by atoms with van der Waals surface area (Å²) >= 11 is 0. The van der Waals surface area contributed by atoms with Crippen LogP contribution in [-0.4, -0.2) is 11.1 Å². The lowest BCUT2D eigenvalue weighted by atomic mass is 9.95. The molecule has 1 aromatic carbocycles. The van der Waals surface area contributed by atoms with Gasteiger partial charge in [0.05, 0.1) is 5.92 Å². The Hall–Kier alpha value is -1.57. The van der Waals surface area contributed by atoms with Crippen LogP contribution in [-0.2, 0) is 4.79 Å². The Kier molecular flexibility index (Phi) is 3.32. The van der Waals surface area contributed by atoms with Crippen LogP contribution in [0.25, 0.3) is 6.08 Å². The van der Waals surface area contributed by atoms with E-state index in [0.717, 1.165) is 12.0 Å². The van der Waals surface area contributed by atoms with Crippen LogP contribution in [0.5, 0.6) is 0 Å². The molecule has 0 saturated heterocycles. The number of allylic oxidation sites excluding steroid dienone is 1. The summed E-state index contributed by atoms with van der Waals surface area (Å²) < 4.78 is 0. The quantitative estimate of drug-likeness (QED) is 0.860. The molecule has 17 heavy (non-hydrogen) atoms. The van der Waals surface area contributed by atoms with Crippen LogP contribution in [0.4, 0.5) is 0 Å². The van der Waals surface area contributed by atoms with E-state index in [0.29, 0.717) is 5.92 Å². The molecule has 0 spiro atoms. The van der Waals surface area contributed by atoms with E-state index in [1.54, 1.807) is 0 Å². The van der Waals surface area contributed by atoms with Crippen molar-refractivity contribution >= 4 is 12.0 Å². The Morgan fingerprint density at radius 1 is 1.29 bits per heavy atom. The predicted octanol–water partition coefficient (Wildman–Crippen LogP) is 3.45. The van der Waals surface area contributed by atoms with Crippen molar-refractivity contribution in [2.75, 3.05) is 0 Å². The van der Waals surface area contributed by atoms with Gasteiger partial charge in [-0.05, 0) is 23.8 Å². The molecule has 0 aliphatic heterocycles. The first-order valence-electron chi connectivity index (χ1n) is 6.09. The molecule has 1 N–H and O–H groups in total. The average molecular weight is 230 g/mol. The first-order valence-corrected chi connectivity index (χ1v) is 6.09. The second-order valence-electron chi connectivity index (χ2n) is 5.00. The van der Waals surface area contributed by atoms with Gasteiger partial charge < -0.3 is 5.11 Å². The summed E-state index contributed by atoms with van der Waals surface area (Å²) in [7, 11) is 0. The molecular weight excluding hydrogens is 212 g/mol. The molecule has 1 aromatic rings. The standard InChI is InChI=1S/C15H18O2/c1-10(2)12(13-9-14(13)15(16)17)8-11-6-4-3-5-7-11/h3-8,10,13-14H,9H2,1-2H3,(H,16,17)/b12-8+/t13-,14+/m0/s1. The van der Waals surface area contributed by atoms with E-state index in [9.17, 15) is 4.79 Å². The van der Waals surface area contributed by atoms with Crippen LogP contribution in [0.1, 0.15) is 25.8 Å². The van der Waals surface area contributed by atoms with Crippen LogP contribution in [0, 0.1) is 17.8 Å². The second kappa shape index (κ2) is 4.74. The van der Waals surface area contributed by atoms with Crippen LogP contribution >= 0.6 is 0 Å². The van der Waals surface area contributed by atoms with Gasteiger partial charge in [-0.1, -0.05) is 55.8 Å². The van der Waals surface area contributed by atoms with Crippen LogP contribution in [0.2, 0.25) is 0 Å². The monoisotopic (exact) mass is 230 g/mol. The van der Waals surface area contributed by atoms with Crippen molar-refractivity contribution in [3.05, 3.63) is 41.5 Å². The average Bonchev–Trinajstić information content (AvgIpc) is 3.07. The molecule has 2 heteroatoms. The Labute approximate surface area is 102 Å². The van der Waals surface area contributed by atoms with Crippen molar-refractivity contribution in [3.8, 4) is 0 Å². The minimum atomic E-state index is -0.658. The molecular formula is C15H18O2. The molecule has 0 aromatic heterocycles. The van der Waals surface area contributed by atoms with E-state index in [-0.39, 0.29) is 11.8 Å². The molecule has 2 rings (SSSR count). The maximum Gasteiger partial charge on any atom is 0.307 e. The lowest BCUT2D eigenvalue weighted by molar-refractivity contribution is -0.138. The van der Waals surface area contributed by atoms with Crippen molar-refractivity contribution in [1.29, 1.82) is 0 Å². The third-order valence-electron chi connectivity index (χ3n) is 3.34. The summed E-state index contributed by atoms with van der Waals surface area (Å²) in [5.74, 6) is -0.167. The summed E-state index contributed by atoms with van der Waals surface area (Å²) in [6.07, 6.45) is 2.95. The topological polar surface area (TPSA) is 37.3 Å². The third kappa shape index (κ3) is 2.76. The summed E-state index contributed by atoms with van der Waals surface area (Å²) in [5.41, 5.74) is 2.43. The fourth-order valence-corrected chi connectivity index (χ4v) is 2.28. The van der Waals surface area contributed by atoms with Crippen LogP contribution < -0.4 is 0 Å². The number of benzene rings is 1. The van der Waals surface area contributed by atoms with Crippen molar-refractivity contribution in [3.63, 3.8) is 0 Å². The van der Waals surface area contributed by atoms with Gasteiger partial charge >= 0.3 is 5.97 Å². The van der Waals surface area contributed by atoms with Gasteiger partial charge in [-0.3, -0.25) is 4.79 Å². The largest absolute Gasteiger partial charge is 0.481 e. The van der Waals surface area contributed by atoms with E-state index in [1.807, 2.05) is 18.2 Å². The molecule has 0 radical (unpaired) electrons. The smallest absolute Gasteiger partial charge is 0.307 e. The highest BCUT2D eigenvalue weighted by Crippen LogP contribution is 2.47. The molecule has 0 amide bonds. The van der Waals surface area contributed by atoms with Crippen molar-refractivity contribution in [2.45, 2.75) is 20.3 Å². The maximum atomic E-state index is 10.9. The lowest BCUT2D eigenvalue weighted by Crippen LogP contribution is -2.04. The molecule has 1 aliphatic rings. The maximum absolute atomic E-state index is 10.9. The van der Waals surface area contributed by atoms with E-state index >= 15 is 0 Å². The number of carbonyl (C=O) groups is 1. The fraction of sp³-hybridized carbons (Fsp3) is 0.400. The molecule has 2 nitrogen and oxygen atoms in total. The second-order valence-corrected chi connectivity index (χ2v) is 5.00. The van der Waals surface area contributed by atoms with Gasteiger partial charge in [0, 0.05) is 0 Å². The predicted molar refractivity (Wildman–Crippen MR) is 68.5 cm³/mol. The lowest BCUT2D eigenvalue weighted by Gasteiger charge is -2.11. The Balaban J connectivity index is 2.20. The normalized spacial score (nSPS) is 23.8.